The van der Waals surface area contributed by atoms with E-state index >= 15 is 0 Å². The number of carbonyl (C=O) groups is 2. The molecule has 0 radical (unpaired) electrons. The highest BCUT2D eigenvalue weighted by Crippen LogP contribution is 2.30. The van der Waals surface area contributed by atoms with Crippen LogP contribution >= 0.6 is 11.8 Å². The summed E-state index contributed by atoms with van der Waals surface area (Å²) in [5.41, 5.74) is 2.85. The standard InChI is InChI=1S/C18H20N4O3S/c1-11-4-6-12(7-5-11)15-14(16(23)25-3)13(20-17(24)21-15)10-26-18-19-8-9-22(18)2/h4-9,15H,10H2,1-3H3,(H2,20,21,24). The lowest BCUT2D eigenvalue weighted by atomic mass is 9.95. The van der Waals surface area contributed by atoms with Gasteiger partial charge in [0.1, 0.15) is 0 Å². The van der Waals surface area contributed by atoms with Crippen LogP contribution in [0.3, 0.4) is 0 Å². The number of hydrogen-bond donors (Lipinski definition) is 2. The molecule has 1 aliphatic heterocycles. The molecule has 136 valence electrons. The van der Waals surface area contributed by atoms with E-state index in [1.165, 1.54) is 18.9 Å². The van der Waals surface area contributed by atoms with Gasteiger partial charge >= 0.3 is 12.0 Å². The van der Waals surface area contributed by atoms with Crippen molar-refractivity contribution in [1.82, 2.24) is 20.2 Å². The van der Waals surface area contributed by atoms with Crippen molar-refractivity contribution in [2.45, 2.75) is 18.1 Å². The Labute approximate surface area is 155 Å². The lowest BCUT2D eigenvalue weighted by molar-refractivity contribution is -0.136. The lowest BCUT2D eigenvalue weighted by Crippen LogP contribution is -2.46. The molecule has 2 N–H and O–H groups in total. The second kappa shape index (κ2) is 7.65. The zero-order valence-electron chi connectivity index (χ0n) is 14.8. The monoisotopic (exact) mass is 372 g/mol. The Bertz CT molecular complexity index is 858. The minimum atomic E-state index is -0.561. The Morgan fingerprint density at radius 2 is 2.08 bits per heavy atom. The van der Waals surface area contributed by atoms with Gasteiger partial charge in [0.25, 0.3) is 0 Å². The summed E-state index contributed by atoms with van der Waals surface area (Å²) >= 11 is 1.44. The third-order valence-electron chi connectivity index (χ3n) is 4.09. The van der Waals surface area contributed by atoms with Gasteiger partial charge in [-0.15, -0.1) is 0 Å². The maximum Gasteiger partial charge on any atom is 0.338 e. The van der Waals surface area contributed by atoms with Gasteiger partial charge in [0, 0.05) is 30.9 Å². The Hall–Kier alpha value is -2.74. The summed E-state index contributed by atoms with van der Waals surface area (Å²) in [6, 6.07) is 6.78. The molecule has 3 rings (SSSR count). The van der Waals surface area contributed by atoms with Crippen LogP contribution in [-0.2, 0) is 16.6 Å². The normalized spacial score (nSPS) is 16.9. The van der Waals surface area contributed by atoms with Gasteiger partial charge in [-0.1, -0.05) is 41.6 Å². The molecule has 1 atom stereocenters. The quantitative estimate of drug-likeness (QED) is 0.621. The molecule has 8 heteroatoms. The summed E-state index contributed by atoms with van der Waals surface area (Å²) in [5.74, 6) is -0.0797. The molecule has 2 aromatic rings. The molecular weight excluding hydrogens is 352 g/mol. The van der Waals surface area contributed by atoms with Gasteiger partial charge in [0.15, 0.2) is 5.16 Å². The van der Waals surface area contributed by atoms with Crippen molar-refractivity contribution in [3.05, 3.63) is 59.1 Å². The second-order valence-corrected chi connectivity index (χ2v) is 6.88. The molecule has 0 bridgehead atoms. The van der Waals surface area contributed by atoms with E-state index in [4.69, 9.17) is 4.74 Å². The second-order valence-electron chi connectivity index (χ2n) is 5.94. The summed E-state index contributed by atoms with van der Waals surface area (Å²) < 4.78 is 6.85. The van der Waals surface area contributed by atoms with E-state index in [-0.39, 0.29) is 6.03 Å². The van der Waals surface area contributed by atoms with Crippen LogP contribution in [-0.4, -0.2) is 34.4 Å². The number of hydrogen-bond acceptors (Lipinski definition) is 5. The fraction of sp³-hybridized carbons (Fsp3) is 0.278. The van der Waals surface area contributed by atoms with E-state index < -0.39 is 12.0 Å². The van der Waals surface area contributed by atoms with E-state index in [9.17, 15) is 9.59 Å². The number of aromatic nitrogens is 2. The number of benzene rings is 1. The first kappa shape index (κ1) is 18.1. The van der Waals surface area contributed by atoms with Crippen molar-refractivity contribution in [2.24, 2.45) is 7.05 Å². The number of rotatable bonds is 5. The summed E-state index contributed by atoms with van der Waals surface area (Å²) in [7, 11) is 3.22. The molecule has 0 saturated heterocycles. The van der Waals surface area contributed by atoms with E-state index in [0.717, 1.165) is 16.3 Å². The molecule has 2 amide bonds. The highest BCUT2D eigenvalue weighted by Gasteiger charge is 2.33. The fourth-order valence-electron chi connectivity index (χ4n) is 2.72. The van der Waals surface area contributed by atoms with Gasteiger partial charge in [-0.25, -0.2) is 14.6 Å². The Balaban J connectivity index is 1.97. The van der Waals surface area contributed by atoms with E-state index in [1.807, 2.05) is 49.0 Å². The molecule has 1 aliphatic rings. The number of urea groups is 1. The van der Waals surface area contributed by atoms with Crippen molar-refractivity contribution in [3.8, 4) is 0 Å². The molecule has 0 aliphatic carbocycles. The molecule has 0 fully saturated rings. The maximum atomic E-state index is 12.5. The number of esters is 1. The van der Waals surface area contributed by atoms with Gasteiger partial charge in [-0.05, 0) is 12.5 Å². The van der Waals surface area contributed by atoms with Gasteiger partial charge in [0.05, 0.1) is 18.7 Å². The molecular formula is C18H20N4O3S. The molecule has 1 aromatic carbocycles. The number of amides is 2. The Kier molecular flexibility index (Phi) is 5.32. The Morgan fingerprint density at radius 1 is 1.35 bits per heavy atom. The van der Waals surface area contributed by atoms with Gasteiger partial charge < -0.3 is 19.9 Å². The van der Waals surface area contributed by atoms with Crippen LogP contribution in [0.2, 0.25) is 0 Å². The number of imidazole rings is 1. The number of carbonyl (C=O) groups excluding carboxylic acids is 2. The minimum Gasteiger partial charge on any atom is -0.466 e. The highest BCUT2D eigenvalue weighted by atomic mass is 32.2. The fourth-order valence-corrected chi connectivity index (χ4v) is 3.62. The van der Waals surface area contributed by atoms with E-state index in [1.54, 1.807) is 6.20 Å². The first-order chi connectivity index (χ1) is 12.5. The van der Waals surface area contributed by atoms with Crippen LogP contribution in [0.1, 0.15) is 17.2 Å². The van der Waals surface area contributed by atoms with Crippen molar-refractivity contribution < 1.29 is 14.3 Å². The number of methoxy groups -OCH3 is 1. The number of ether oxygens (including phenoxy) is 1. The highest BCUT2D eigenvalue weighted by molar-refractivity contribution is 7.99. The van der Waals surface area contributed by atoms with Crippen molar-refractivity contribution in [3.63, 3.8) is 0 Å². The summed E-state index contributed by atoms with van der Waals surface area (Å²) in [5, 5.41) is 6.35. The number of nitrogens with zero attached hydrogens (tertiary/aromatic N) is 2. The minimum absolute atomic E-state index is 0.348. The van der Waals surface area contributed by atoms with Crippen LogP contribution in [0.5, 0.6) is 0 Å². The zero-order valence-corrected chi connectivity index (χ0v) is 15.6. The predicted octanol–water partition coefficient (Wildman–Crippen LogP) is 2.30. The van der Waals surface area contributed by atoms with Crippen LogP contribution in [0, 0.1) is 6.92 Å². The van der Waals surface area contributed by atoms with Crippen LogP contribution in [0.25, 0.3) is 0 Å². The topological polar surface area (TPSA) is 85.2 Å². The molecule has 0 spiro atoms. The maximum absolute atomic E-state index is 12.5. The third kappa shape index (κ3) is 3.75. The number of nitrogens with one attached hydrogen (secondary N) is 2. The molecule has 1 unspecified atom stereocenters. The Morgan fingerprint density at radius 3 is 2.69 bits per heavy atom. The molecule has 26 heavy (non-hydrogen) atoms. The summed E-state index contributed by atoms with van der Waals surface area (Å²) in [4.78, 5) is 28.9. The van der Waals surface area contributed by atoms with Crippen molar-refractivity contribution in [2.75, 3.05) is 12.9 Å². The SMILES string of the molecule is COC(=O)C1=C(CSc2nccn2C)NC(=O)NC1c1ccc(C)cc1. The molecule has 7 nitrogen and oxygen atoms in total. The average molecular weight is 372 g/mol. The van der Waals surface area contributed by atoms with E-state index in [2.05, 4.69) is 15.6 Å². The predicted molar refractivity (Wildman–Crippen MR) is 98.6 cm³/mol. The van der Waals surface area contributed by atoms with Crippen LogP contribution in [0.15, 0.2) is 53.1 Å². The first-order valence-electron chi connectivity index (χ1n) is 8.05. The van der Waals surface area contributed by atoms with Gasteiger partial charge in [0.2, 0.25) is 0 Å². The van der Waals surface area contributed by atoms with Crippen LogP contribution in [0.4, 0.5) is 4.79 Å². The molecule has 2 heterocycles. The number of thioether (sulfide) groups is 1. The largest absolute Gasteiger partial charge is 0.466 e. The zero-order chi connectivity index (χ0) is 18.7. The molecule has 1 aromatic heterocycles. The van der Waals surface area contributed by atoms with E-state index in [0.29, 0.717) is 17.0 Å². The summed E-state index contributed by atoms with van der Waals surface area (Å²) in [6.45, 7) is 1.98. The van der Waals surface area contributed by atoms with Crippen LogP contribution < -0.4 is 10.6 Å². The average Bonchev–Trinajstić information content (AvgIpc) is 3.04. The van der Waals surface area contributed by atoms with Gasteiger partial charge in [-0.2, -0.15) is 0 Å². The van der Waals surface area contributed by atoms with Gasteiger partial charge in [-0.3, -0.25) is 0 Å². The van der Waals surface area contributed by atoms with Crippen molar-refractivity contribution in [1.29, 1.82) is 0 Å². The smallest absolute Gasteiger partial charge is 0.338 e. The third-order valence-corrected chi connectivity index (χ3v) is 5.18. The van der Waals surface area contributed by atoms with Crippen molar-refractivity contribution >= 4 is 23.8 Å². The first-order valence-corrected chi connectivity index (χ1v) is 9.03. The lowest BCUT2D eigenvalue weighted by Gasteiger charge is -2.29. The summed E-state index contributed by atoms with van der Waals surface area (Å²) in [6.07, 6.45) is 3.54. The molecule has 0 saturated carbocycles. The number of aryl methyl sites for hydroxylation is 2.